The molecule has 0 spiro atoms. The van der Waals surface area contributed by atoms with Crippen LogP contribution >= 0.6 is 11.3 Å². The SMILES string of the molecule is Cc1nc(C)c(CN2CCc3[nH]nc(C(=O)O)c3C2)s1. The van der Waals surface area contributed by atoms with Gasteiger partial charge in [0.1, 0.15) is 0 Å². The van der Waals surface area contributed by atoms with Gasteiger partial charge in [-0.1, -0.05) is 0 Å². The summed E-state index contributed by atoms with van der Waals surface area (Å²) in [5, 5.41) is 17.0. The van der Waals surface area contributed by atoms with Crippen molar-refractivity contribution < 1.29 is 9.90 Å². The number of aromatic amines is 1. The first-order valence-corrected chi connectivity index (χ1v) is 7.31. The fourth-order valence-corrected chi connectivity index (χ4v) is 3.57. The molecule has 0 atom stereocenters. The maximum absolute atomic E-state index is 11.1. The predicted octanol–water partition coefficient (Wildman–Crippen LogP) is 1.74. The van der Waals surface area contributed by atoms with Crippen molar-refractivity contribution in [3.8, 4) is 0 Å². The maximum atomic E-state index is 11.1. The lowest BCUT2D eigenvalue weighted by molar-refractivity contribution is 0.0687. The van der Waals surface area contributed by atoms with Crippen LogP contribution in [-0.4, -0.2) is 37.7 Å². The van der Waals surface area contributed by atoms with Gasteiger partial charge in [-0.2, -0.15) is 5.10 Å². The number of nitrogens with one attached hydrogen (secondary N) is 1. The van der Waals surface area contributed by atoms with Gasteiger partial charge in [0.15, 0.2) is 5.69 Å². The van der Waals surface area contributed by atoms with Gasteiger partial charge >= 0.3 is 5.97 Å². The summed E-state index contributed by atoms with van der Waals surface area (Å²) < 4.78 is 0. The molecule has 6 nitrogen and oxygen atoms in total. The zero-order valence-corrected chi connectivity index (χ0v) is 12.3. The van der Waals surface area contributed by atoms with E-state index in [0.717, 1.165) is 41.5 Å². The lowest BCUT2D eigenvalue weighted by Gasteiger charge is -2.26. The normalized spacial score (nSPS) is 15.3. The number of rotatable bonds is 3. The Morgan fingerprint density at radius 2 is 2.30 bits per heavy atom. The topological polar surface area (TPSA) is 82.1 Å². The molecule has 3 rings (SSSR count). The number of nitrogens with zero attached hydrogens (tertiary/aromatic N) is 3. The molecule has 0 fully saturated rings. The largest absolute Gasteiger partial charge is 0.476 e. The summed E-state index contributed by atoms with van der Waals surface area (Å²) in [5.41, 5.74) is 3.00. The number of aromatic nitrogens is 3. The van der Waals surface area contributed by atoms with E-state index in [1.54, 1.807) is 11.3 Å². The number of H-pyrrole nitrogens is 1. The molecule has 2 aromatic heterocycles. The molecule has 3 heterocycles. The fraction of sp³-hybridized carbons (Fsp3) is 0.462. The van der Waals surface area contributed by atoms with E-state index >= 15 is 0 Å². The summed E-state index contributed by atoms with van der Waals surface area (Å²) in [7, 11) is 0. The van der Waals surface area contributed by atoms with Crippen molar-refractivity contribution in [2.45, 2.75) is 33.4 Å². The second-order valence-corrected chi connectivity index (χ2v) is 6.32. The molecule has 0 aromatic carbocycles. The van der Waals surface area contributed by atoms with Crippen LogP contribution in [0, 0.1) is 13.8 Å². The van der Waals surface area contributed by atoms with Crippen molar-refractivity contribution in [3.05, 3.63) is 32.5 Å². The van der Waals surface area contributed by atoms with Gasteiger partial charge in [-0.3, -0.25) is 10.00 Å². The van der Waals surface area contributed by atoms with Crippen LogP contribution in [0.3, 0.4) is 0 Å². The average molecular weight is 292 g/mol. The van der Waals surface area contributed by atoms with Crippen molar-refractivity contribution in [1.29, 1.82) is 0 Å². The molecule has 0 unspecified atom stereocenters. The number of carbonyl (C=O) groups is 1. The van der Waals surface area contributed by atoms with Gasteiger partial charge in [0.2, 0.25) is 0 Å². The third-order valence-electron chi connectivity index (χ3n) is 3.58. The van der Waals surface area contributed by atoms with E-state index in [1.165, 1.54) is 4.88 Å². The molecule has 1 aliphatic rings. The smallest absolute Gasteiger partial charge is 0.356 e. The van der Waals surface area contributed by atoms with E-state index in [2.05, 4.69) is 20.1 Å². The Hall–Kier alpha value is -1.73. The number of hydrogen-bond donors (Lipinski definition) is 2. The molecule has 0 bridgehead atoms. The number of thiazole rings is 1. The highest BCUT2D eigenvalue weighted by molar-refractivity contribution is 7.11. The molecule has 1 aliphatic heterocycles. The van der Waals surface area contributed by atoms with Crippen molar-refractivity contribution in [2.24, 2.45) is 0 Å². The van der Waals surface area contributed by atoms with Gasteiger partial charge in [-0.15, -0.1) is 11.3 Å². The minimum absolute atomic E-state index is 0.155. The summed E-state index contributed by atoms with van der Waals surface area (Å²) in [6.07, 6.45) is 0.812. The minimum Gasteiger partial charge on any atom is -0.476 e. The Bertz CT molecular complexity index is 661. The summed E-state index contributed by atoms with van der Waals surface area (Å²) in [4.78, 5) is 19.1. The summed E-state index contributed by atoms with van der Waals surface area (Å²) in [6.45, 7) is 6.39. The molecule has 20 heavy (non-hydrogen) atoms. The Labute approximate surface area is 120 Å². The van der Waals surface area contributed by atoms with Crippen LogP contribution < -0.4 is 0 Å². The van der Waals surface area contributed by atoms with Gasteiger partial charge < -0.3 is 5.11 Å². The van der Waals surface area contributed by atoms with Crippen LogP contribution in [0.1, 0.15) is 37.3 Å². The molecule has 0 aliphatic carbocycles. The average Bonchev–Trinajstić information content (AvgIpc) is 2.93. The first kappa shape index (κ1) is 13.3. The molecular formula is C13H16N4O2S. The van der Waals surface area contributed by atoms with Crippen LogP contribution in [-0.2, 0) is 19.5 Å². The number of aryl methyl sites for hydroxylation is 2. The monoisotopic (exact) mass is 292 g/mol. The van der Waals surface area contributed by atoms with Gasteiger partial charge in [0.25, 0.3) is 0 Å². The molecule has 106 valence electrons. The third-order valence-corrected chi connectivity index (χ3v) is 4.64. The molecular weight excluding hydrogens is 276 g/mol. The summed E-state index contributed by atoms with van der Waals surface area (Å²) >= 11 is 1.71. The van der Waals surface area contributed by atoms with E-state index in [9.17, 15) is 4.79 Å². The highest BCUT2D eigenvalue weighted by atomic mass is 32.1. The zero-order valence-electron chi connectivity index (χ0n) is 11.4. The lowest BCUT2D eigenvalue weighted by Crippen LogP contribution is -2.30. The van der Waals surface area contributed by atoms with Gasteiger partial charge in [0, 0.05) is 42.2 Å². The van der Waals surface area contributed by atoms with Gasteiger partial charge in [0.05, 0.1) is 10.7 Å². The number of fused-ring (bicyclic) bond motifs is 1. The Kier molecular flexibility index (Phi) is 3.31. The zero-order chi connectivity index (χ0) is 14.3. The second kappa shape index (κ2) is 4.99. The second-order valence-electron chi connectivity index (χ2n) is 5.04. The fourth-order valence-electron chi connectivity index (χ4n) is 2.59. The van der Waals surface area contributed by atoms with E-state index in [0.29, 0.717) is 6.54 Å². The Morgan fingerprint density at radius 3 is 2.95 bits per heavy atom. The Balaban J connectivity index is 1.80. The first-order valence-electron chi connectivity index (χ1n) is 6.49. The highest BCUT2D eigenvalue weighted by Gasteiger charge is 2.25. The predicted molar refractivity (Wildman–Crippen MR) is 75.0 cm³/mol. The third kappa shape index (κ3) is 2.34. The van der Waals surface area contributed by atoms with Crippen LogP contribution in [0.4, 0.5) is 0 Å². The molecule has 0 saturated heterocycles. The van der Waals surface area contributed by atoms with Gasteiger partial charge in [-0.25, -0.2) is 9.78 Å². The van der Waals surface area contributed by atoms with Crippen molar-refractivity contribution in [1.82, 2.24) is 20.1 Å². The number of hydrogen-bond acceptors (Lipinski definition) is 5. The minimum atomic E-state index is -0.964. The number of aromatic carboxylic acids is 1. The quantitative estimate of drug-likeness (QED) is 0.900. The maximum Gasteiger partial charge on any atom is 0.356 e. The van der Waals surface area contributed by atoms with E-state index in [4.69, 9.17) is 5.11 Å². The molecule has 7 heteroatoms. The number of carboxylic acid groups (broad SMARTS) is 1. The van der Waals surface area contributed by atoms with Crippen LogP contribution in [0.2, 0.25) is 0 Å². The van der Waals surface area contributed by atoms with E-state index in [-0.39, 0.29) is 5.69 Å². The van der Waals surface area contributed by atoms with E-state index in [1.807, 2.05) is 13.8 Å². The van der Waals surface area contributed by atoms with Gasteiger partial charge in [-0.05, 0) is 13.8 Å². The van der Waals surface area contributed by atoms with Crippen LogP contribution in [0.15, 0.2) is 0 Å². The highest BCUT2D eigenvalue weighted by Crippen LogP contribution is 2.25. The molecule has 2 aromatic rings. The molecule has 0 saturated carbocycles. The summed E-state index contributed by atoms with van der Waals surface area (Å²) in [5.74, 6) is -0.964. The molecule has 0 amide bonds. The van der Waals surface area contributed by atoms with E-state index < -0.39 is 5.97 Å². The number of carboxylic acids is 1. The molecule has 2 N–H and O–H groups in total. The van der Waals surface area contributed by atoms with Crippen LogP contribution in [0.25, 0.3) is 0 Å². The lowest BCUT2D eigenvalue weighted by atomic mass is 10.1. The van der Waals surface area contributed by atoms with Crippen molar-refractivity contribution in [2.75, 3.05) is 6.54 Å². The standard InChI is InChI=1S/C13H16N4O2S/c1-7-11(20-8(2)14-7)6-17-4-3-10-9(5-17)12(13(18)19)16-15-10/h3-6H2,1-2H3,(H,15,16)(H,18,19). The van der Waals surface area contributed by atoms with Crippen molar-refractivity contribution in [3.63, 3.8) is 0 Å². The first-order chi connectivity index (χ1) is 9.54. The Morgan fingerprint density at radius 1 is 1.50 bits per heavy atom. The summed E-state index contributed by atoms with van der Waals surface area (Å²) in [6, 6.07) is 0. The molecule has 0 radical (unpaired) electrons. The van der Waals surface area contributed by atoms with Crippen LogP contribution in [0.5, 0.6) is 0 Å². The van der Waals surface area contributed by atoms with Crippen molar-refractivity contribution >= 4 is 17.3 Å².